The van der Waals surface area contributed by atoms with Crippen LogP contribution in [0.4, 0.5) is 4.39 Å². The molecule has 0 bridgehead atoms. The van der Waals surface area contributed by atoms with Crippen molar-refractivity contribution in [3.05, 3.63) is 70.4 Å². The summed E-state index contributed by atoms with van der Waals surface area (Å²) in [5.74, 6) is -0.272. The van der Waals surface area contributed by atoms with E-state index < -0.39 is 0 Å². The standard InChI is InChI=1S/C23H25FN2O2S/c1-15(2)25-23(27)22-21(18-8-3-4-9-20(18)29-22)19-14-26(10-11-28-19)13-16-6-5-7-17(24)12-16/h3-9,12,15,19H,10-11,13-14H2,1-2H3,(H,25,27). The number of carbonyl (C=O) groups is 1. The molecule has 4 nitrogen and oxygen atoms in total. The molecule has 0 aliphatic carbocycles. The van der Waals surface area contributed by atoms with Crippen molar-refractivity contribution in [3.8, 4) is 0 Å². The molecule has 1 saturated heterocycles. The van der Waals surface area contributed by atoms with Gasteiger partial charge in [-0.1, -0.05) is 30.3 Å². The monoisotopic (exact) mass is 412 g/mol. The van der Waals surface area contributed by atoms with Crippen molar-refractivity contribution in [3.63, 3.8) is 0 Å². The zero-order chi connectivity index (χ0) is 20.4. The molecule has 1 fully saturated rings. The van der Waals surface area contributed by atoms with Crippen LogP contribution < -0.4 is 5.32 Å². The number of rotatable bonds is 5. The summed E-state index contributed by atoms with van der Waals surface area (Å²) in [6.45, 7) is 6.61. The van der Waals surface area contributed by atoms with Crippen LogP contribution in [0.3, 0.4) is 0 Å². The second-order valence-corrected chi connectivity index (χ2v) is 8.75. The van der Waals surface area contributed by atoms with Crippen LogP contribution in [0.15, 0.2) is 48.5 Å². The zero-order valence-electron chi connectivity index (χ0n) is 16.7. The lowest BCUT2D eigenvalue weighted by Crippen LogP contribution is -2.38. The van der Waals surface area contributed by atoms with E-state index in [4.69, 9.17) is 4.74 Å². The van der Waals surface area contributed by atoms with Gasteiger partial charge in [-0.15, -0.1) is 11.3 Å². The minimum absolute atomic E-state index is 0.0537. The Kier molecular flexibility index (Phi) is 5.94. The van der Waals surface area contributed by atoms with Gasteiger partial charge in [-0.3, -0.25) is 9.69 Å². The molecule has 4 rings (SSSR count). The third-order valence-electron chi connectivity index (χ3n) is 5.03. The Bertz CT molecular complexity index is 1020. The topological polar surface area (TPSA) is 41.6 Å². The Morgan fingerprint density at radius 3 is 2.90 bits per heavy atom. The number of carbonyl (C=O) groups excluding carboxylic acids is 1. The number of ether oxygens (including phenoxy) is 1. The lowest BCUT2D eigenvalue weighted by molar-refractivity contribution is -0.0323. The Morgan fingerprint density at radius 2 is 2.10 bits per heavy atom. The van der Waals surface area contributed by atoms with E-state index >= 15 is 0 Å². The van der Waals surface area contributed by atoms with Crippen LogP contribution in [-0.4, -0.2) is 36.5 Å². The second kappa shape index (κ2) is 8.61. The lowest BCUT2D eigenvalue weighted by atomic mass is 10.0. The summed E-state index contributed by atoms with van der Waals surface area (Å²) in [4.78, 5) is 15.9. The van der Waals surface area contributed by atoms with Crippen molar-refractivity contribution >= 4 is 27.3 Å². The van der Waals surface area contributed by atoms with Crippen molar-refractivity contribution < 1.29 is 13.9 Å². The van der Waals surface area contributed by atoms with E-state index in [0.717, 1.165) is 32.6 Å². The Balaban J connectivity index is 1.63. The normalized spacial score (nSPS) is 17.7. The van der Waals surface area contributed by atoms with Crippen LogP contribution in [0.25, 0.3) is 10.1 Å². The van der Waals surface area contributed by atoms with Crippen LogP contribution in [0.5, 0.6) is 0 Å². The van der Waals surface area contributed by atoms with Gasteiger partial charge in [-0.2, -0.15) is 0 Å². The van der Waals surface area contributed by atoms with Gasteiger partial charge < -0.3 is 10.1 Å². The molecule has 1 amide bonds. The summed E-state index contributed by atoms with van der Waals surface area (Å²) >= 11 is 1.51. The maximum atomic E-state index is 13.6. The molecule has 1 atom stereocenters. The average molecular weight is 413 g/mol. The van der Waals surface area contributed by atoms with Gasteiger partial charge in [-0.25, -0.2) is 4.39 Å². The van der Waals surface area contributed by atoms with Crippen LogP contribution in [-0.2, 0) is 11.3 Å². The maximum Gasteiger partial charge on any atom is 0.261 e. The molecule has 0 spiro atoms. The van der Waals surface area contributed by atoms with Gasteiger partial charge in [0.15, 0.2) is 0 Å². The van der Waals surface area contributed by atoms with Gasteiger partial charge in [0.05, 0.1) is 17.6 Å². The van der Waals surface area contributed by atoms with Gasteiger partial charge in [0.1, 0.15) is 5.82 Å². The van der Waals surface area contributed by atoms with Gasteiger partial charge in [0, 0.05) is 35.9 Å². The van der Waals surface area contributed by atoms with Gasteiger partial charge in [-0.05, 0) is 43.0 Å². The highest BCUT2D eigenvalue weighted by molar-refractivity contribution is 7.21. The molecule has 2 heterocycles. The molecule has 6 heteroatoms. The minimum Gasteiger partial charge on any atom is -0.371 e. The average Bonchev–Trinajstić information content (AvgIpc) is 3.07. The van der Waals surface area contributed by atoms with Crippen molar-refractivity contribution in [1.82, 2.24) is 10.2 Å². The first kappa shape index (κ1) is 20.0. The second-order valence-electron chi connectivity index (χ2n) is 7.69. The predicted octanol–water partition coefficient (Wildman–Crippen LogP) is 4.75. The van der Waals surface area contributed by atoms with Crippen molar-refractivity contribution in [2.45, 2.75) is 32.5 Å². The molecule has 3 aromatic rings. The number of hydrogen-bond acceptors (Lipinski definition) is 4. The van der Waals surface area contributed by atoms with Crippen LogP contribution >= 0.6 is 11.3 Å². The number of nitrogens with zero attached hydrogens (tertiary/aromatic N) is 1. The summed E-state index contributed by atoms with van der Waals surface area (Å²) in [6, 6.07) is 14.9. The molecule has 1 aromatic heterocycles. The molecule has 1 N–H and O–H groups in total. The maximum absolute atomic E-state index is 13.6. The van der Waals surface area contributed by atoms with Crippen molar-refractivity contribution in [2.75, 3.05) is 19.7 Å². The summed E-state index contributed by atoms with van der Waals surface area (Å²) in [5.41, 5.74) is 1.91. The molecular weight excluding hydrogens is 387 g/mol. The van der Waals surface area contributed by atoms with E-state index in [0.29, 0.717) is 19.7 Å². The SMILES string of the molecule is CC(C)NC(=O)c1sc2ccccc2c1C1CN(Cc2cccc(F)c2)CCO1. The highest BCUT2D eigenvalue weighted by Crippen LogP contribution is 2.38. The van der Waals surface area contributed by atoms with Crippen LogP contribution in [0, 0.1) is 5.82 Å². The van der Waals surface area contributed by atoms with E-state index in [2.05, 4.69) is 16.3 Å². The van der Waals surface area contributed by atoms with E-state index in [-0.39, 0.29) is 23.9 Å². The van der Waals surface area contributed by atoms with Gasteiger partial charge in [0.2, 0.25) is 0 Å². The number of fused-ring (bicyclic) bond motifs is 1. The highest BCUT2D eigenvalue weighted by atomic mass is 32.1. The summed E-state index contributed by atoms with van der Waals surface area (Å²) in [5, 5.41) is 4.09. The smallest absolute Gasteiger partial charge is 0.261 e. The fourth-order valence-electron chi connectivity index (χ4n) is 3.80. The molecule has 2 aromatic carbocycles. The van der Waals surface area contributed by atoms with Crippen LogP contribution in [0.1, 0.15) is 40.8 Å². The lowest BCUT2D eigenvalue weighted by Gasteiger charge is -2.33. The minimum atomic E-state index is -0.219. The first-order valence-corrected chi connectivity index (χ1v) is 10.7. The predicted molar refractivity (Wildman–Crippen MR) is 115 cm³/mol. The number of morpholine rings is 1. The summed E-state index contributed by atoms with van der Waals surface area (Å²) < 4.78 is 20.8. The van der Waals surface area contributed by atoms with Gasteiger partial charge in [0.25, 0.3) is 5.91 Å². The number of thiophene rings is 1. The number of nitrogens with one attached hydrogen (secondary N) is 1. The highest BCUT2D eigenvalue weighted by Gasteiger charge is 2.30. The van der Waals surface area contributed by atoms with Crippen molar-refractivity contribution in [2.24, 2.45) is 0 Å². The van der Waals surface area contributed by atoms with E-state index in [9.17, 15) is 9.18 Å². The van der Waals surface area contributed by atoms with E-state index in [1.165, 1.54) is 17.4 Å². The molecule has 152 valence electrons. The fraction of sp³-hybridized carbons (Fsp3) is 0.348. The zero-order valence-corrected chi connectivity index (χ0v) is 17.5. The molecular formula is C23H25FN2O2S. The molecule has 0 radical (unpaired) electrons. The third kappa shape index (κ3) is 4.50. The third-order valence-corrected chi connectivity index (χ3v) is 6.21. The molecule has 0 saturated carbocycles. The number of benzene rings is 2. The van der Waals surface area contributed by atoms with E-state index in [1.807, 2.05) is 38.1 Å². The quantitative estimate of drug-likeness (QED) is 0.657. The van der Waals surface area contributed by atoms with Crippen LogP contribution in [0.2, 0.25) is 0 Å². The largest absolute Gasteiger partial charge is 0.371 e. The Labute approximate surface area is 174 Å². The summed E-state index contributed by atoms with van der Waals surface area (Å²) in [6.07, 6.45) is -0.193. The number of halogens is 1. The summed E-state index contributed by atoms with van der Waals surface area (Å²) in [7, 11) is 0. The van der Waals surface area contributed by atoms with E-state index in [1.54, 1.807) is 12.1 Å². The first-order chi connectivity index (χ1) is 14.0. The molecule has 29 heavy (non-hydrogen) atoms. The molecule has 1 aliphatic heterocycles. The number of hydrogen-bond donors (Lipinski definition) is 1. The Morgan fingerprint density at radius 1 is 1.28 bits per heavy atom. The molecule has 1 unspecified atom stereocenters. The fourth-order valence-corrected chi connectivity index (χ4v) is 4.95. The Hall–Kier alpha value is -2.28. The first-order valence-electron chi connectivity index (χ1n) is 9.92. The number of amides is 1. The molecule has 1 aliphatic rings. The van der Waals surface area contributed by atoms with Crippen molar-refractivity contribution in [1.29, 1.82) is 0 Å². The van der Waals surface area contributed by atoms with Gasteiger partial charge >= 0.3 is 0 Å².